The van der Waals surface area contributed by atoms with E-state index in [-0.39, 0.29) is 11.9 Å². The lowest BCUT2D eigenvalue weighted by Gasteiger charge is -2.39. The van der Waals surface area contributed by atoms with Crippen LogP contribution in [-0.4, -0.2) is 90.2 Å². The van der Waals surface area contributed by atoms with E-state index in [4.69, 9.17) is 0 Å². The summed E-state index contributed by atoms with van der Waals surface area (Å²) in [6.07, 6.45) is 4.20. The van der Waals surface area contributed by atoms with E-state index in [2.05, 4.69) is 52.3 Å². The number of hydrogen-bond donors (Lipinski definition) is 1. The fraction of sp³-hybridized carbons (Fsp3) is 0.524. The quantitative estimate of drug-likeness (QED) is 0.721. The number of anilines is 1. The third-order valence-corrected chi connectivity index (χ3v) is 6.36. The lowest BCUT2D eigenvalue weighted by Crippen LogP contribution is -2.54. The van der Waals surface area contributed by atoms with Gasteiger partial charge in [0.1, 0.15) is 17.1 Å². The molecular formula is C21H28N7OP. The fourth-order valence-electron chi connectivity index (χ4n) is 4.31. The van der Waals surface area contributed by atoms with E-state index in [0.717, 1.165) is 56.9 Å². The van der Waals surface area contributed by atoms with Gasteiger partial charge in [-0.25, -0.2) is 0 Å². The molecule has 0 spiro atoms. The summed E-state index contributed by atoms with van der Waals surface area (Å²) >= 11 is 0. The van der Waals surface area contributed by atoms with Gasteiger partial charge in [-0.1, -0.05) is 0 Å². The van der Waals surface area contributed by atoms with Crippen LogP contribution < -0.4 is 10.2 Å². The van der Waals surface area contributed by atoms with Crippen molar-refractivity contribution in [2.45, 2.75) is 18.1 Å². The maximum Gasteiger partial charge on any atom is 0.234 e. The highest BCUT2D eigenvalue weighted by Gasteiger charge is 2.28. The van der Waals surface area contributed by atoms with Crippen molar-refractivity contribution in [2.75, 3.05) is 57.8 Å². The molecule has 2 aromatic rings. The molecule has 9 heteroatoms. The van der Waals surface area contributed by atoms with Gasteiger partial charge in [-0.2, -0.15) is 5.26 Å². The Labute approximate surface area is 179 Å². The van der Waals surface area contributed by atoms with Gasteiger partial charge in [-0.05, 0) is 31.3 Å². The average molecular weight is 425 g/mol. The minimum absolute atomic E-state index is 0.0728. The summed E-state index contributed by atoms with van der Waals surface area (Å²) in [7, 11) is 5.01. The first-order chi connectivity index (χ1) is 14.5. The molecule has 0 aliphatic carbocycles. The topological polar surface area (TPSA) is 88.4 Å². The van der Waals surface area contributed by atoms with Crippen LogP contribution in [0.25, 0.3) is 11.0 Å². The van der Waals surface area contributed by atoms with Crippen LogP contribution in [-0.2, 0) is 4.79 Å². The number of piperidine rings is 1. The number of nitrogens with one attached hydrogen (secondary N) is 1. The molecule has 1 aromatic carbocycles. The van der Waals surface area contributed by atoms with E-state index < -0.39 is 0 Å². The number of carbonyl (C=O) groups is 1. The van der Waals surface area contributed by atoms with Crippen molar-refractivity contribution >= 4 is 31.9 Å². The Balaban J connectivity index is 1.46. The molecule has 3 heterocycles. The van der Waals surface area contributed by atoms with Gasteiger partial charge in [0.05, 0.1) is 17.8 Å². The molecule has 2 aliphatic rings. The van der Waals surface area contributed by atoms with Gasteiger partial charge in [0.15, 0.2) is 0 Å². The number of likely N-dealkylation sites (N-methyl/N-ethyl adjacent to an activating group) is 1. The summed E-state index contributed by atoms with van der Waals surface area (Å²) < 4.78 is 0. The lowest BCUT2D eigenvalue weighted by atomic mass is 10.0. The second-order valence-corrected chi connectivity index (χ2v) is 9.19. The molecule has 1 N–H and O–H groups in total. The molecule has 2 saturated heterocycles. The zero-order valence-electron chi connectivity index (χ0n) is 17.3. The number of amides is 1. The Hall–Kier alpha value is -2.33. The highest BCUT2D eigenvalue weighted by Crippen LogP contribution is 2.30. The number of nitrogens with zero attached hydrogens (tertiary/aromatic N) is 6. The van der Waals surface area contributed by atoms with Crippen molar-refractivity contribution in [3.05, 3.63) is 30.1 Å². The first-order valence-corrected chi connectivity index (χ1v) is 11.0. The minimum Gasteiger partial charge on any atom is -0.367 e. The van der Waals surface area contributed by atoms with E-state index >= 15 is 0 Å². The standard InChI is InChI=1S/C21H28N7OP/c1-26-6-8-27(9-7-26)14-19(29)25-16-10-17(30)13-28(12-16)18-3-2-15(11-22)20-21(18)24-5-4-23-20/h2-5,16-17H,6-10,12-14,30H2,1H3,(H,25,29)/t16-,17+/m1/s1. The Morgan fingerprint density at radius 3 is 2.67 bits per heavy atom. The summed E-state index contributed by atoms with van der Waals surface area (Å²) in [5.74, 6) is 0.0908. The van der Waals surface area contributed by atoms with Gasteiger partial charge in [0, 0.05) is 57.7 Å². The van der Waals surface area contributed by atoms with E-state index in [0.29, 0.717) is 23.3 Å². The molecule has 0 bridgehead atoms. The predicted octanol–water partition coefficient (Wildman–Crippen LogP) is 0.687. The Morgan fingerprint density at radius 2 is 1.93 bits per heavy atom. The molecule has 1 aromatic heterocycles. The van der Waals surface area contributed by atoms with Crippen LogP contribution >= 0.6 is 9.24 Å². The van der Waals surface area contributed by atoms with Gasteiger partial charge in [-0.3, -0.25) is 19.7 Å². The first-order valence-electron chi connectivity index (χ1n) is 10.4. The number of benzene rings is 1. The molecule has 0 radical (unpaired) electrons. The Morgan fingerprint density at radius 1 is 1.20 bits per heavy atom. The van der Waals surface area contributed by atoms with Crippen molar-refractivity contribution in [1.82, 2.24) is 25.1 Å². The maximum absolute atomic E-state index is 12.7. The summed E-state index contributed by atoms with van der Waals surface area (Å²) in [5.41, 5.74) is 3.20. The van der Waals surface area contributed by atoms with Crippen LogP contribution in [0.3, 0.4) is 0 Å². The number of rotatable bonds is 4. The number of piperazine rings is 1. The van der Waals surface area contributed by atoms with Crippen LogP contribution in [0.1, 0.15) is 12.0 Å². The van der Waals surface area contributed by atoms with E-state index in [1.807, 2.05) is 6.07 Å². The second-order valence-electron chi connectivity index (χ2n) is 8.24. The number of aromatic nitrogens is 2. The summed E-state index contributed by atoms with van der Waals surface area (Å²) in [6, 6.07) is 6.02. The van der Waals surface area contributed by atoms with Crippen LogP contribution in [0.4, 0.5) is 5.69 Å². The van der Waals surface area contributed by atoms with Gasteiger partial charge in [-0.15, -0.1) is 9.24 Å². The third-order valence-electron chi connectivity index (χ3n) is 5.88. The largest absolute Gasteiger partial charge is 0.367 e. The van der Waals surface area contributed by atoms with Crippen LogP contribution in [0.2, 0.25) is 0 Å². The van der Waals surface area contributed by atoms with Crippen molar-refractivity contribution in [1.29, 1.82) is 5.26 Å². The van der Waals surface area contributed by atoms with Crippen molar-refractivity contribution in [3.63, 3.8) is 0 Å². The normalized spacial score (nSPS) is 23.3. The highest BCUT2D eigenvalue weighted by atomic mass is 31.0. The molecule has 0 saturated carbocycles. The summed E-state index contributed by atoms with van der Waals surface area (Å²) in [4.78, 5) is 28.3. The van der Waals surface area contributed by atoms with Gasteiger partial charge < -0.3 is 15.1 Å². The molecule has 3 atom stereocenters. The zero-order valence-corrected chi connectivity index (χ0v) is 18.4. The molecule has 158 valence electrons. The SMILES string of the molecule is CN1CCN(CC(=O)N[C@@H]2C[C@H](P)CN(c3ccc(C#N)c4nccnc34)C2)CC1. The van der Waals surface area contributed by atoms with E-state index in [9.17, 15) is 10.1 Å². The predicted molar refractivity (Wildman–Crippen MR) is 120 cm³/mol. The van der Waals surface area contributed by atoms with Crippen molar-refractivity contribution in [2.24, 2.45) is 0 Å². The first kappa shape index (κ1) is 20.9. The average Bonchev–Trinajstić information content (AvgIpc) is 2.74. The number of fused-ring (bicyclic) bond motifs is 1. The van der Waals surface area contributed by atoms with Crippen LogP contribution in [0.5, 0.6) is 0 Å². The number of carbonyl (C=O) groups excluding carboxylic acids is 1. The van der Waals surface area contributed by atoms with E-state index in [1.165, 1.54) is 0 Å². The van der Waals surface area contributed by atoms with Crippen molar-refractivity contribution < 1.29 is 4.79 Å². The molecule has 1 amide bonds. The summed E-state index contributed by atoms with van der Waals surface area (Å²) in [5, 5.41) is 12.6. The Kier molecular flexibility index (Phi) is 6.43. The van der Waals surface area contributed by atoms with E-state index in [1.54, 1.807) is 18.5 Å². The summed E-state index contributed by atoms with van der Waals surface area (Å²) in [6.45, 7) is 5.91. The molecule has 8 nitrogen and oxygen atoms in total. The maximum atomic E-state index is 12.7. The smallest absolute Gasteiger partial charge is 0.234 e. The zero-order chi connectivity index (χ0) is 21.1. The molecule has 4 rings (SSSR count). The molecular weight excluding hydrogens is 397 g/mol. The monoisotopic (exact) mass is 425 g/mol. The third kappa shape index (κ3) is 4.70. The van der Waals surface area contributed by atoms with Gasteiger partial charge in [0.25, 0.3) is 0 Å². The Bertz CT molecular complexity index is 954. The van der Waals surface area contributed by atoms with Crippen molar-refractivity contribution in [3.8, 4) is 6.07 Å². The highest BCUT2D eigenvalue weighted by molar-refractivity contribution is 7.17. The molecule has 1 unspecified atom stereocenters. The molecule has 2 fully saturated rings. The van der Waals surface area contributed by atoms with Gasteiger partial charge in [0.2, 0.25) is 5.91 Å². The molecule has 30 heavy (non-hydrogen) atoms. The fourth-order valence-corrected chi connectivity index (χ4v) is 4.89. The number of hydrogen-bond acceptors (Lipinski definition) is 7. The van der Waals surface area contributed by atoms with Gasteiger partial charge >= 0.3 is 0 Å². The van der Waals surface area contributed by atoms with Crippen LogP contribution in [0.15, 0.2) is 24.5 Å². The van der Waals surface area contributed by atoms with Crippen LogP contribution in [0, 0.1) is 11.3 Å². The number of nitriles is 1. The second kappa shape index (κ2) is 9.22. The lowest BCUT2D eigenvalue weighted by molar-refractivity contribution is -0.123. The molecule has 2 aliphatic heterocycles. The minimum atomic E-state index is 0.0728.